The van der Waals surface area contributed by atoms with E-state index in [1.807, 2.05) is 0 Å². The fourth-order valence-electron chi connectivity index (χ4n) is 4.41. The van der Waals surface area contributed by atoms with Gasteiger partial charge in [-0.05, 0) is 60.0 Å². The van der Waals surface area contributed by atoms with Gasteiger partial charge in [0.1, 0.15) is 12.4 Å². The summed E-state index contributed by atoms with van der Waals surface area (Å²) >= 11 is 6.18. The first kappa shape index (κ1) is 29.6. The molecular weight excluding hydrogens is 574 g/mol. The van der Waals surface area contributed by atoms with Crippen molar-refractivity contribution < 1.29 is 40.2 Å². The summed E-state index contributed by atoms with van der Waals surface area (Å²) in [4.78, 5) is 11.1. The highest BCUT2D eigenvalue weighted by atomic mass is 35.5. The lowest BCUT2D eigenvalue weighted by Gasteiger charge is -2.35. The molecule has 1 aliphatic rings. The Morgan fingerprint density at radius 3 is 2.52 bits per heavy atom. The predicted octanol–water partition coefficient (Wildman–Crippen LogP) is 6.37. The highest BCUT2D eigenvalue weighted by molar-refractivity contribution is 7.92. The minimum atomic E-state index is -4.75. The summed E-state index contributed by atoms with van der Waals surface area (Å²) in [7, 11) is -3.33. The third-order valence-electron chi connectivity index (χ3n) is 6.35. The van der Waals surface area contributed by atoms with Crippen LogP contribution in [0, 0.1) is 5.82 Å². The Morgan fingerprint density at radius 2 is 1.85 bits per heavy atom. The highest BCUT2D eigenvalue weighted by Gasteiger charge is 2.36. The molecule has 1 unspecified atom stereocenters. The van der Waals surface area contributed by atoms with Crippen molar-refractivity contribution in [3.8, 4) is 0 Å². The number of ether oxygens (including phenoxy) is 2. The molecule has 3 aromatic carbocycles. The van der Waals surface area contributed by atoms with Crippen LogP contribution >= 0.6 is 11.6 Å². The van der Waals surface area contributed by atoms with Crippen LogP contribution in [0.3, 0.4) is 0 Å². The van der Waals surface area contributed by atoms with Crippen LogP contribution in [-0.4, -0.2) is 40.8 Å². The Bertz CT molecular complexity index is 1550. The molecule has 4 rings (SSSR count). The van der Waals surface area contributed by atoms with Gasteiger partial charge >= 0.3 is 12.1 Å². The maximum absolute atomic E-state index is 14.5. The highest BCUT2D eigenvalue weighted by Crippen LogP contribution is 2.37. The Kier molecular flexibility index (Phi) is 8.57. The number of hydrogen-bond donors (Lipinski definition) is 0. The molecule has 3 aromatic rings. The van der Waals surface area contributed by atoms with Crippen molar-refractivity contribution in [2.75, 3.05) is 24.6 Å². The zero-order chi connectivity index (χ0) is 29.2. The van der Waals surface area contributed by atoms with Gasteiger partial charge in [0.15, 0.2) is 0 Å². The molecule has 12 heteroatoms. The molecule has 0 N–H and O–H groups in total. The van der Waals surface area contributed by atoms with Crippen molar-refractivity contribution in [2.24, 2.45) is 0 Å². The number of allylic oxidation sites excluding steroid dienone is 1. The number of nitrogens with zero attached hydrogens (tertiary/aromatic N) is 1. The van der Waals surface area contributed by atoms with Gasteiger partial charge in [-0.3, -0.25) is 4.31 Å². The van der Waals surface area contributed by atoms with E-state index in [0.717, 1.165) is 22.5 Å². The quantitative estimate of drug-likeness (QED) is 0.180. The lowest BCUT2D eigenvalue weighted by molar-refractivity contribution is -0.147. The molecule has 0 spiro atoms. The normalized spacial score (nSPS) is 16.0. The topological polar surface area (TPSA) is 72.9 Å². The molecular formula is C28H24ClF4NO5S. The van der Waals surface area contributed by atoms with Gasteiger partial charge in [-0.25, -0.2) is 17.6 Å². The van der Waals surface area contributed by atoms with E-state index in [4.69, 9.17) is 16.3 Å². The molecule has 40 heavy (non-hydrogen) atoms. The van der Waals surface area contributed by atoms with Gasteiger partial charge in [0, 0.05) is 12.0 Å². The number of benzene rings is 3. The van der Waals surface area contributed by atoms with E-state index >= 15 is 0 Å². The van der Waals surface area contributed by atoms with Crippen LogP contribution in [0.2, 0.25) is 5.02 Å². The number of rotatable bonds is 7. The number of sulfonamides is 1. The molecule has 1 atom stereocenters. The SMILES string of the molecule is COC(=O)COC1Cc2ccc(C=C(C)c3c(F)cccc3Cl)cc2N(S(=O)(=O)c2cccc(C(F)(F)F)c2)C1. The van der Waals surface area contributed by atoms with Gasteiger partial charge in [0.2, 0.25) is 0 Å². The van der Waals surface area contributed by atoms with Crippen molar-refractivity contribution in [2.45, 2.75) is 30.5 Å². The maximum Gasteiger partial charge on any atom is 0.416 e. The zero-order valence-electron chi connectivity index (χ0n) is 21.3. The number of esters is 1. The van der Waals surface area contributed by atoms with Gasteiger partial charge in [-0.2, -0.15) is 13.2 Å². The fourth-order valence-corrected chi connectivity index (χ4v) is 6.29. The Morgan fingerprint density at radius 1 is 1.12 bits per heavy atom. The molecule has 0 radical (unpaired) electrons. The summed E-state index contributed by atoms with van der Waals surface area (Å²) < 4.78 is 93.2. The van der Waals surface area contributed by atoms with Gasteiger partial charge in [0.05, 0.1) is 40.9 Å². The molecule has 0 saturated heterocycles. The van der Waals surface area contributed by atoms with Crippen molar-refractivity contribution in [3.63, 3.8) is 0 Å². The minimum Gasteiger partial charge on any atom is -0.467 e. The monoisotopic (exact) mass is 597 g/mol. The van der Waals surface area contributed by atoms with E-state index in [1.165, 1.54) is 19.2 Å². The van der Waals surface area contributed by atoms with E-state index in [9.17, 15) is 30.8 Å². The van der Waals surface area contributed by atoms with E-state index in [2.05, 4.69) is 4.74 Å². The molecule has 0 amide bonds. The molecule has 0 saturated carbocycles. The molecule has 0 bridgehead atoms. The molecule has 0 aliphatic carbocycles. The first-order valence-corrected chi connectivity index (χ1v) is 13.8. The average Bonchev–Trinajstić information content (AvgIpc) is 2.90. The van der Waals surface area contributed by atoms with Crippen LogP contribution in [0.15, 0.2) is 65.6 Å². The van der Waals surface area contributed by atoms with Crippen molar-refractivity contribution in [1.29, 1.82) is 0 Å². The molecule has 0 fully saturated rings. The smallest absolute Gasteiger partial charge is 0.416 e. The van der Waals surface area contributed by atoms with Crippen LogP contribution in [0.5, 0.6) is 0 Å². The number of methoxy groups -OCH3 is 1. The van der Waals surface area contributed by atoms with Gasteiger partial charge in [0.25, 0.3) is 10.0 Å². The van der Waals surface area contributed by atoms with Crippen LogP contribution in [0.4, 0.5) is 23.2 Å². The molecule has 6 nitrogen and oxygen atoms in total. The van der Waals surface area contributed by atoms with Gasteiger partial charge in [-0.1, -0.05) is 41.9 Å². The Hall–Kier alpha value is -3.41. The maximum atomic E-state index is 14.5. The fraction of sp³-hybridized carbons (Fsp3) is 0.250. The molecule has 1 heterocycles. The number of fused-ring (bicyclic) bond motifs is 1. The summed E-state index contributed by atoms with van der Waals surface area (Å²) in [5.41, 5.74) is 0.802. The van der Waals surface area contributed by atoms with Crippen molar-refractivity contribution in [1.82, 2.24) is 0 Å². The first-order chi connectivity index (χ1) is 18.8. The van der Waals surface area contributed by atoms with Crippen LogP contribution in [0.1, 0.15) is 29.2 Å². The summed E-state index contributed by atoms with van der Waals surface area (Å²) in [6.07, 6.45) is -3.68. The Balaban J connectivity index is 1.79. The standard InChI is InChI=1S/C28H24ClF4NO5S/c1-17(27-23(29)7-4-8-24(27)30)11-18-9-10-19-13-21(39-16-26(35)38-2)15-34(25(19)12-18)40(36,37)22-6-3-5-20(14-22)28(31,32)33/h3-12,14,21H,13,15-16H2,1-2H3. The number of halogens is 5. The predicted molar refractivity (Wildman–Crippen MR) is 143 cm³/mol. The van der Waals surface area contributed by atoms with Crippen LogP contribution < -0.4 is 4.31 Å². The second kappa shape index (κ2) is 11.6. The second-order valence-corrected chi connectivity index (χ2v) is 11.4. The minimum absolute atomic E-state index is 0.187. The van der Waals surface area contributed by atoms with E-state index in [-0.39, 0.29) is 29.2 Å². The second-order valence-electron chi connectivity index (χ2n) is 9.09. The van der Waals surface area contributed by atoms with E-state index in [1.54, 1.807) is 37.3 Å². The number of alkyl halides is 3. The lowest BCUT2D eigenvalue weighted by Crippen LogP contribution is -2.44. The van der Waals surface area contributed by atoms with Crippen LogP contribution in [-0.2, 0) is 36.9 Å². The number of hydrogen-bond acceptors (Lipinski definition) is 5. The largest absolute Gasteiger partial charge is 0.467 e. The number of anilines is 1. The Labute approximate surface area is 233 Å². The summed E-state index contributed by atoms with van der Waals surface area (Å²) in [6.45, 7) is 0.947. The van der Waals surface area contributed by atoms with Crippen molar-refractivity contribution in [3.05, 3.63) is 93.8 Å². The zero-order valence-corrected chi connectivity index (χ0v) is 22.9. The number of carbonyl (C=O) groups excluding carboxylic acids is 1. The average molecular weight is 598 g/mol. The summed E-state index contributed by atoms with van der Waals surface area (Å²) in [5, 5.41) is 0.200. The number of carbonyl (C=O) groups is 1. The summed E-state index contributed by atoms with van der Waals surface area (Å²) in [5.74, 6) is -1.19. The van der Waals surface area contributed by atoms with Crippen molar-refractivity contribution >= 4 is 44.9 Å². The molecule has 212 valence electrons. The van der Waals surface area contributed by atoms with E-state index in [0.29, 0.717) is 22.8 Å². The van der Waals surface area contributed by atoms with Crippen LogP contribution in [0.25, 0.3) is 11.6 Å². The van der Waals surface area contributed by atoms with Gasteiger partial charge in [-0.15, -0.1) is 0 Å². The summed E-state index contributed by atoms with van der Waals surface area (Å²) in [6, 6.07) is 12.6. The first-order valence-electron chi connectivity index (χ1n) is 12.0. The third kappa shape index (κ3) is 6.32. The third-order valence-corrected chi connectivity index (χ3v) is 8.44. The lowest BCUT2D eigenvalue weighted by atomic mass is 9.97. The van der Waals surface area contributed by atoms with E-state index < -0.39 is 51.2 Å². The van der Waals surface area contributed by atoms with Gasteiger partial charge < -0.3 is 9.47 Å². The molecule has 0 aromatic heterocycles. The molecule has 1 aliphatic heterocycles.